The zero-order valence-electron chi connectivity index (χ0n) is 10.6. The molecular formula is C12H13N3O4S. The highest BCUT2D eigenvalue weighted by molar-refractivity contribution is 7.91. The number of benzene rings is 1. The molecule has 1 aromatic heterocycles. The molecule has 0 saturated carbocycles. The Bertz CT molecular complexity index is 767. The predicted octanol–water partition coefficient (Wildman–Crippen LogP) is 0.879. The van der Waals surface area contributed by atoms with Crippen molar-refractivity contribution in [2.45, 2.75) is 18.9 Å². The lowest BCUT2D eigenvalue weighted by molar-refractivity contribution is 0.0699. The fourth-order valence-corrected chi connectivity index (χ4v) is 3.99. The van der Waals surface area contributed by atoms with Gasteiger partial charge in [0, 0.05) is 0 Å². The van der Waals surface area contributed by atoms with Gasteiger partial charge in [0.2, 0.25) is 0 Å². The number of nitrogens with zero attached hydrogens (tertiary/aromatic N) is 3. The number of hydrogen-bond acceptors (Lipinski definition) is 5. The molecule has 8 heteroatoms. The molecule has 20 heavy (non-hydrogen) atoms. The molecule has 1 aliphatic heterocycles. The van der Waals surface area contributed by atoms with Crippen molar-refractivity contribution in [2.24, 2.45) is 0 Å². The van der Waals surface area contributed by atoms with E-state index in [9.17, 15) is 13.2 Å². The van der Waals surface area contributed by atoms with E-state index >= 15 is 0 Å². The van der Waals surface area contributed by atoms with Gasteiger partial charge in [-0.3, -0.25) is 0 Å². The van der Waals surface area contributed by atoms with E-state index in [2.05, 4.69) is 10.3 Å². The molecule has 1 aliphatic rings. The highest BCUT2D eigenvalue weighted by Crippen LogP contribution is 2.27. The molecule has 0 spiro atoms. The van der Waals surface area contributed by atoms with Crippen LogP contribution in [0.2, 0.25) is 0 Å². The summed E-state index contributed by atoms with van der Waals surface area (Å²) in [6.07, 6.45) is 0.968. The molecule has 0 atom stereocenters. The molecule has 1 N–H and O–H groups in total. The zero-order chi connectivity index (χ0) is 14.3. The first kappa shape index (κ1) is 13.0. The lowest BCUT2D eigenvalue weighted by Crippen LogP contribution is -2.26. The van der Waals surface area contributed by atoms with E-state index in [4.69, 9.17) is 5.11 Å². The second kappa shape index (κ2) is 4.55. The van der Waals surface area contributed by atoms with Gasteiger partial charge < -0.3 is 5.11 Å². The summed E-state index contributed by atoms with van der Waals surface area (Å²) >= 11 is 0. The third kappa shape index (κ3) is 2.15. The van der Waals surface area contributed by atoms with Gasteiger partial charge in [-0.25, -0.2) is 17.9 Å². The summed E-state index contributed by atoms with van der Waals surface area (Å²) in [4.78, 5) is 11.1. The standard InChI is InChI=1S/C12H13N3O4S/c16-12(17)9-2-1-3-10-11(9)13-14-15(10)8-4-6-20(18,19)7-5-8/h1-3,8H,4-7H2,(H,16,17). The van der Waals surface area contributed by atoms with E-state index in [1.54, 1.807) is 16.8 Å². The quantitative estimate of drug-likeness (QED) is 0.882. The van der Waals surface area contributed by atoms with E-state index in [-0.39, 0.29) is 23.1 Å². The lowest BCUT2D eigenvalue weighted by atomic mass is 10.1. The van der Waals surface area contributed by atoms with Crippen LogP contribution in [0.15, 0.2) is 18.2 Å². The number of aromatic nitrogens is 3. The first-order chi connectivity index (χ1) is 9.48. The first-order valence-corrected chi connectivity index (χ1v) is 8.08. The molecule has 0 aliphatic carbocycles. The normalized spacial score (nSPS) is 19.2. The Morgan fingerprint density at radius 2 is 2.00 bits per heavy atom. The number of carbonyl (C=O) groups is 1. The zero-order valence-corrected chi connectivity index (χ0v) is 11.4. The van der Waals surface area contributed by atoms with E-state index in [1.807, 2.05) is 0 Å². The number of carboxylic acids is 1. The van der Waals surface area contributed by atoms with Gasteiger partial charge in [0.1, 0.15) is 15.4 Å². The number of hydrogen-bond donors (Lipinski definition) is 1. The average Bonchev–Trinajstić information content (AvgIpc) is 2.82. The van der Waals surface area contributed by atoms with E-state index < -0.39 is 15.8 Å². The van der Waals surface area contributed by atoms with Gasteiger partial charge in [-0.15, -0.1) is 5.10 Å². The highest BCUT2D eigenvalue weighted by Gasteiger charge is 2.27. The second-order valence-corrected chi connectivity index (χ2v) is 7.20. The summed E-state index contributed by atoms with van der Waals surface area (Å²) in [5.41, 5.74) is 1.08. The van der Waals surface area contributed by atoms with Crippen molar-refractivity contribution >= 4 is 26.8 Å². The van der Waals surface area contributed by atoms with Crippen LogP contribution in [0.25, 0.3) is 11.0 Å². The van der Waals surface area contributed by atoms with Gasteiger partial charge in [0.25, 0.3) is 0 Å². The molecular weight excluding hydrogens is 282 g/mol. The Labute approximate surface area is 115 Å². The topological polar surface area (TPSA) is 102 Å². The van der Waals surface area contributed by atoms with Crippen LogP contribution >= 0.6 is 0 Å². The van der Waals surface area contributed by atoms with Crippen LogP contribution in [0.3, 0.4) is 0 Å². The summed E-state index contributed by atoms with van der Waals surface area (Å²) in [7, 11) is -2.94. The molecule has 0 amide bonds. The van der Waals surface area contributed by atoms with Crippen molar-refractivity contribution in [3.05, 3.63) is 23.8 Å². The Morgan fingerprint density at radius 3 is 2.65 bits per heavy atom. The Balaban J connectivity index is 2.02. The molecule has 1 saturated heterocycles. The molecule has 0 bridgehead atoms. The molecule has 106 valence electrons. The number of rotatable bonds is 2. The van der Waals surface area contributed by atoms with E-state index in [1.165, 1.54) is 6.07 Å². The molecule has 3 rings (SSSR count). The fourth-order valence-electron chi connectivity index (χ4n) is 2.53. The van der Waals surface area contributed by atoms with Crippen molar-refractivity contribution in [2.75, 3.05) is 11.5 Å². The van der Waals surface area contributed by atoms with Crippen LogP contribution in [0.5, 0.6) is 0 Å². The maximum absolute atomic E-state index is 11.4. The van der Waals surface area contributed by atoms with Crippen LogP contribution in [-0.4, -0.2) is 46.0 Å². The minimum absolute atomic E-state index is 0.0485. The Morgan fingerprint density at radius 1 is 1.30 bits per heavy atom. The van der Waals surface area contributed by atoms with Gasteiger partial charge in [-0.1, -0.05) is 11.3 Å². The molecule has 1 aromatic carbocycles. The van der Waals surface area contributed by atoms with Crippen LogP contribution in [0.1, 0.15) is 29.2 Å². The summed E-state index contributed by atoms with van der Waals surface area (Å²) < 4.78 is 24.5. The third-order valence-corrected chi connectivity index (χ3v) is 5.32. The fraction of sp³-hybridized carbons (Fsp3) is 0.417. The number of aromatic carboxylic acids is 1. The summed E-state index contributed by atoms with van der Waals surface area (Å²) in [6.45, 7) is 0. The molecule has 1 fully saturated rings. The summed E-state index contributed by atoms with van der Waals surface area (Å²) in [6, 6.07) is 4.83. The van der Waals surface area contributed by atoms with E-state index in [0.29, 0.717) is 23.9 Å². The van der Waals surface area contributed by atoms with Crippen molar-refractivity contribution in [1.29, 1.82) is 0 Å². The van der Waals surface area contributed by atoms with Gasteiger partial charge >= 0.3 is 5.97 Å². The van der Waals surface area contributed by atoms with Crippen molar-refractivity contribution < 1.29 is 18.3 Å². The number of sulfone groups is 1. The van der Waals surface area contributed by atoms with Crippen LogP contribution in [-0.2, 0) is 9.84 Å². The highest BCUT2D eigenvalue weighted by atomic mass is 32.2. The van der Waals surface area contributed by atoms with Gasteiger partial charge in [-0.2, -0.15) is 0 Å². The largest absolute Gasteiger partial charge is 0.478 e. The maximum Gasteiger partial charge on any atom is 0.338 e. The molecule has 2 heterocycles. The van der Waals surface area contributed by atoms with Gasteiger partial charge in [0.05, 0.1) is 28.6 Å². The van der Waals surface area contributed by atoms with Crippen LogP contribution in [0.4, 0.5) is 0 Å². The first-order valence-electron chi connectivity index (χ1n) is 6.25. The van der Waals surface area contributed by atoms with Crippen molar-refractivity contribution in [3.8, 4) is 0 Å². The monoisotopic (exact) mass is 295 g/mol. The summed E-state index contributed by atoms with van der Waals surface area (Å²) in [5, 5.41) is 17.1. The minimum atomic E-state index is -2.94. The SMILES string of the molecule is O=C(O)c1cccc2c1nnn2C1CCS(=O)(=O)CC1. The van der Waals surface area contributed by atoms with Crippen LogP contribution < -0.4 is 0 Å². The molecule has 0 unspecified atom stereocenters. The maximum atomic E-state index is 11.4. The predicted molar refractivity (Wildman–Crippen MR) is 71.4 cm³/mol. The van der Waals surface area contributed by atoms with Crippen molar-refractivity contribution in [1.82, 2.24) is 15.0 Å². The van der Waals surface area contributed by atoms with Crippen LogP contribution in [0, 0.1) is 0 Å². The minimum Gasteiger partial charge on any atom is -0.478 e. The van der Waals surface area contributed by atoms with Crippen molar-refractivity contribution in [3.63, 3.8) is 0 Å². The van der Waals surface area contributed by atoms with E-state index in [0.717, 1.165) is 0 Å². The smallest absolute Gasteiger partial charge is 0.338 e. The lowest BCUT2D eigenvalue weighted by Gasteiger charge is -2.22. The number of fused-ring (bicyclic) bond motifs is 1. The molecule has 0 radical (unpaired) electrons. The molecule has 7 nitrogen and oxygen atoms in total. The second-order valence-electron chi connectivity index (χ2n) is 4.90. The van der Waals surface area contributed by atoms with Gasteiger partial charge in [0.15, 0.2) is 0 Å². The summed E-state index contributed by atoms with van der Waals surface area (Å²) in [5.74, 6) is -0.774. The molecule has 2 aromatic rings. The Hall–Kier alpha value is -1.96. The van der Waals surface area contributed by atoms with Gasteiger partial charge in [-0.05, 0) is 25.0 Å². The Kier molecular flexibility index (Phi) is 2.97. The third-order valence-electron chi connectivity index (χ3n) is 3.60. The number of carboxylic acid groups (broad SMARTS) is 1. The average molecular weight is 295 g/mol.